The Balaban J connectivity index is 1.57. The van der Waals surface area contributed by atoms with Gasteiger partial charge in [-0.25, -0.2) is 0 Å². The third kappa shape index (κ3) is 4.75. The second-order valence-corrected chi connectivity index (χ2v) is 9.45. The Morgan fingerprint density at radius 3 is 2.81 bits per heavy atom. The molecule has 2 aromatic heterocycles. The summed E-state index contributed by atoms with van der Waals surface area (Å²) in [6.45, 7) is 5.25. The Kier molecular flexibility index (Phi) is 6.29. The third-order valence-corrected chi connectivity index (χ3v) is 6.26. The van der Waals surface area contributed by atoms with E-state index in [0.29, 0.717) is 34.0 Å². The van der Waals surface area contributed by atoms with Crippen molar-refractivity contribution in [2.24, 2.45) is 5.92 Å². The van der Waals surface area contributed by atoms with E-state index in [-0.39, 0.29) is 18.4 Å². The van der Waals surface area contributed by atoms with Crippen LogP contribution in [0.4, 0.5) is 0 Å². The molecule has 1 aliphatic rings. The van der Waals surface area contributed by atoms with Crippen molar-refractivity contribution in [3.05, 3.63) is 65.1 Å². The number of hydrogen-bond donors (Lipinski definition) is 1. The van der Waals surface area contributed by atoms with Crippen molar-refractivity contribution in [1.82, 2.24) is 14.8 Å². The second-order valence-electron chi connectivity index (χ2n) is 7.77. The van der Waals surface area contributed by atoms with E-state index in [1.807, 2.05) is 47.2 Å². The predicted octanol–water partition coefficient (Wildman–Crippen LogP) is 4.41. The highest BCUT2D eigenvalue weighted by molar-refractivity contribution is 8.26. The first kappa shape index (κ1) is 21.4. The van der Waals surface area contributed by atoms with Crippen molar-refractivity contribution in [1.29, 1.82) is 0 Å². The average Bonchev–Trinajstić information content (AvgIpc) is 3.43. The lowest BCUT2D eigenvalue weighted by atomic mass is 10.1. The van der Waals surface area contributed by atoms with Crippen LogP contribution < -0.4 is 5.32 Å². The van der Waals surface area contributed by atoms with E-state index < -0.39 is 0 Å². The highest BCUT2D eigenvalue weighted by Crippen LogP contribution is 2.34. The van der Waals surface area contributed by atoms with Gasteiger partial charge in [0.2, 0.25) is 5.91 Å². The summed E-state index contributed by atoms with van der Waals surface area (Å²) in [5.74, 6) is 0.863. The molecule has 0 radical (unpaired) electrons. The number of thioether (sulfide) groups is 1. The molecule has 6 nitrogen and oxygen atoms in total. The summed E-state index contributed by atoms with van der Waals surface area (Å²) in [6.07, 6.45) is 5.36. The Labute approximate surface area is 190 Å². The number of furan rings is 1. The van der Waals surface area contributed by atoms with Crippen molar-refractivity contribution in [3.8, 4) is 0 Å². The highest BCUT2D eigenvalue weighted by Gasteiger charge is 2.32. The topological polar surface area (TPSA) is 67.5 Å². The quantitative estimate of drug-likeness (QED) is 0.424. The number of nitrogens with zero attached hydrogens (tertiary/aromatic N) is 2. The maximum atomic E-state index is 12.8. The van der Waals surface area contributed by atoms with Crippen LogP contribution in [0.5, 0.6) is 0 Å². The number of thiocarbonyl (C=S) groups is 1. The fourth-order valence-electron chi connectivity index (χ4n) is 3.49. The van der Waals surface area contributed by atoms with Gasteiger partial charge in [0.15, 0.2) is 0 Å². The molecule has 4 rings (SSSR count). The van der Waals surface area contributed by atoms with Crippen LogP contribution in [0, 0.1) is 5.92 Å². The van der Waals surface area contributed by atoms with Gasteiger partial charge in [0.25, 0.3) is 5.91 Å². The van der Waals surface area contributed by atoms with Gasteiger partial charge < -0.3 is 14.3 Å². The normalized spacial score (nSPS) is 15.6. The number of carbonyl (C=O) groups excluding carboxylic acids is 2. The molecule has 1 N–H and O–H groups in total. The number of carbonyl (C=O) groups is 2. The van der Waals surface area contributed by atoms with Crippen LogP contribution in [0.25, 0.3) is 17.0 Å². The Hall–Kier alpha value is -2.84. The molecule has 31 heavy (non-hydrogen) atoms. The first-order valence-corrected chi connectivity index (χ1v) is 11.3. The minimum absolute atomic E-state index is 0.0586. The minimum atomic E-state index is -0.119. The minimum Gasteiger partial charge on any atom is -0.467 e. The number of amides is 2. The molecule has 0 unspecified atom stereocenters. The molecule has 0 spiro atoms. The summed E-state index contributed by atoms with van der Waals surface area (Å²) in [4.78, 5) is 27.6. The Morgan fingerprint density at radius 2 is 2.06 bits per heavy atom. The van der Waals surface area contributed by atoms with E-state index in [4.69, 9.17) is 16.6 Å². The molecule has 160 valence electrons. The van der Waals surface area contributed by atoms with Crippen molar-refractivity contribution in [3.63, 3.8) is 0 Å². The Morgan fingerprint density at radius 1 is 1.26 bits per heavy atom. The summed E-state index contributed by atoms with van der Waals surface area (Å²) in [7, 11) is 0. The van der Waals surface area contributed by atoms with Gasteiger partial charge >= 0.3 is 0 Å². The molecule has 0 aliphatic carbocycles. The van der Waals surface area contributed by atoms with Crippen LogP contribution in [0.1, 0.15) is 25.2 Å². The molecule has 8 heteroatoms. The molecule has 0 bridgehead atoms. The van der Waals surface area contributed by atoms with Gasteiger partial charge in [0, 0.05) is 29.2 Å². The van der Waals surface area contributed by atoms with Gasteiger partial charge in [-0.2, -0.15) is 0 Å². The third-order valence-electron chi connectivity index (χ3n) is 4.88. The average molecular weight is 454 g/mol. The van der Waals surface area contributed by atoms with Gasteiger partial charge in [-0.3, -0.25) is 14.5 Å². The predicted molar refractivity (Wildman–Crippen MR) is 127 cm³/mol. The van der Waals surface area contributed by atoms with Crippen molar-refractivity contribution in [2.75, 3.05) is 6.54 Å². The molecule has 3 heterocycles. The molecule has 1 aliphatic heterocycles. The molecule has 0 saturated carbocycles. The fourth-order valence-corrected chi connectivity index (χ4v) is 4.76. The standard InChI is InChI=1S/C23H23N3O3S2/c1-15(2)12-26-22(28)20(31-23(26)30)10-16-13-25(19-8-4-3-7-18(16)19)14-21(27)24-11-17-6-5-9-29-17/h3-10,13,15H,11-12,14H2,1-2H3,(H,24,27)/b20-10-. The SMILES string of the molecule is CC(C)CN1C(=O)/C(=C/c2cn(CC(=O)NCc3ccco3)c3ccccc23)SC1=S. The van der Waals surface area contributed by atoms with Crippen LogP contribution >= 0.6 is 24.0 Å². The molecule has 2 amide bonds. The molecule has 1 fully saturated rings. The van der Waals surface area contributed by atoms with E-state index in [0.717, 1.165) is 16.5 Å². The van der Waals surface area contributed by atoms with Gasteiger partial charge in [-0.1, -0.05) is 56.0 Å². The maximum absolute atomic E-state index is 12.8. The summed E-state index contributed by atoms with van der Waals surface area (Å²) in [6, 6.07) is 11.5. The van der Waals surface area contributed by atoms with E-state index in [9.17, 15) is 9.59 Å². The van der Waals surface area contributed by atoms with Crippen LogP contribution in [-0.2, 0) is 22.7 Å². The smallest absolute Gasteiger partial charge is 0.266 e. The number of fused-ring (bicyclic) bond motifs is 1. The van der Waals surface area contributed by atoms with Gasteiger partial charge in [0.05, 0.1) is 17.7 Å². The lowest BCUT2D eigenvalue weighted by Crippen LogP contribution is -2.31. The van der Waals surface area contributed by atoms with Crippen molar-refractivity contribution >= 4 is 57.1 Å². The van der Waals surface area contributed by atoms with E-state index >= 15 is 0 Å². The van der Waals surface area contributed by atoms with Crippen LogP contribution in [0.2, 0.25) is 0 Å². The highest BCUT2D eigenvalue weighted by atomic mass is 32.2. The largest absolute Gasteiger partial charge is 0.467 e. The van der Waals surface area contributed by atoms with Crippen molar-refractivity contribution in [2.45, 2.75) is 26.9 Å². The first-order valence-electron chi connectivity index (χ1n) is 10.0. The lowest BCUT2D eigenvalue weighted by Gasteiger charge is -2.16. The zero-order chi connectivity index (χ0) is 22.0. The summed E-state index contributed by atoms with van der Waals surface area (Å²) >= 11 is 6.74. The molecule has 0 atom stereocenters. The number of hydrogen-bond acceptors (Lipinski definition) is 5. The summed E-state index contributed by atoms with van der Waals surface area (Å²) in [5.41, 5.74) is 1.82. The number of benzene rings is 1. The molecular weight excluding hydrogens is 430 g/mol. The summed E-state index contributed by atoms with van der Waals surface area (Å²) in [5, 5.41) is 3.85. The van der Waals surface area contributed by atoms with Crippen LogP contribution in [0.3, 0.4) is 0 Å². The van der Waals surface area contributed by atoms with Gasteiger partial charge in [-0.05, 0) is 30.2 Å². The maximum Gasteiger partial charge on any atom is 0.266 e. The molecule has 1 saturated heterocycles. The van der Waals surface area contributed by atoms with Crippen LogP contribution in [-0.4, -0.2) is 32.1 Å². The molecule has 3 aromatic rings. The van der Waals surface area contributed by atoms with Crippen molar-refractivity contribution < 1.29 is 14.0 Å². The number of rotatable bonds is 7. The zero-order valence-corrected chi connectivity index (χ0v) is 19.0. The summed E-state index contributed by atoms with van der Waals surface area (Å²) < 4.78 is 7.74. The molecule has 1 aromatic carbocycles. The number of para-hydroxylation sites is 1. The van der Waals surface area contributed by atoms with Gasteiger partial charge in [-0.15, -0.1) is 0 Å². The van der Waals surface area contributed by atoms with E-state index in [1.165, 1.54) is 11.8 Å². The Bertz CT molecular complexity index is 1160. The first-order chi connectivity index (χ1) is 14.9. The van der Waals surface area contributed by atoms with Gasteiger partial charge in [0.1, 0.15) is 16.6 Å². The molecular formula is C23H23N3O3S2. The zero-order valence-electron chi connectivity index (χ0n) is 17.3. The monoisotopic (exact) mass is 453 g/mol. The fraction of sp³-hybridized carbons (Fsp3) is 0.261. The van der Waals surface area contributed by atoms with E-state index in [1.54, 1.807) is 17.2 Å². The lowest BCUT2D eigenvalue weighted by molar-refractivity contribution is -0.123. The van der Waals surface area contributed by atoms with E-state index in [2.05, 4.69) is 19.2 Å². The number of nitrogens with one attached hydrogen (secondary N) is 1. The number of aromatic nitrogens is 1. The second kappa shape index (κ2) is 9.11. The van der Waals surface area contributed by atoms with Crippen LogP contribution in [0.15, 0.2) is 58.2 Å².